The van der Waals surface area contributed by atoms with Crippen molar-refractivity contribution in [3.05, 3.63) is 67.4 Å². The van der Waals surface area contributed by atoms with Crippen molar-refractivity contribution < 1.29 is 20.1 Å². The van der Waals surface area contributed by atoms with Crippen LogP contribution in [0.4, 0.5) is 11.5 Å². The summed E-state index contributed by atoms with van der Waals surface area (Å²) in [5.74, 6) is 0.572. The number of ether oxygens (including phenoxy) is 1. The molecule has 0 spiro atoms. The van der Waals surface area contributed by atoms with Crippen LogP contribution in [0, 0.1) is 0 Å². The van der Waals surface area contributed by atoms with Crippen LogP contribution < -0.4 is 5.32 Å². The highest BCUT2D eigenvalue weighted by atomic mass is 16.6. The van der Waals surface area contributed by atoms with Gasteiger partial charge in [0.05, 0.1) is 23.9 Å². The first-order chi connectivity index (χ1) is 15.2. The topological polar surface area (TPSA) is 126 Å². The Morgan fingerprint density at radius 3 is 2.58 bits per heavy atom. The molecule has 4 aromatic rings. The van der Waals surface area contributed by atoms with E-state index in [9.17, 15) is 15.3 Å². The van der Waals surface area contributed by atoms with Gasteiger partial charge in [-0.15, -0.1) is 0 Å². The molecule has 4 atom stereocenters. The van der Waals surface area contributed by atoms with Crippen molar-refractivity contribution in [3.8, 4) is 11.1 Å². The molecule has 0 amide bonds. The molecular formula is C22H21N5O4. The van der Waals surface area contributed by atoms with Crippen LogP contribution in [-0.2, 0) is 4.74 Å². The Morgan fingerprint density at radius 1 is 1.03 bits per heavy atom. The van der Waals surface area contributed by atoms with Crippen molar-refractivity contribution in [2.24, 2.45) is 0 Å². The third kappa shape index (κ3) is 3.43. The minimum atomic E-state index is -1.22. The largest absolute Gasteiger partial charge is 0.394 e. The van der Waals surface area contributed by atoms with Crippen molar-refractivity contribution >= 4 is 22.5 Å². The van der Waals surface area contributed by atoms with Crippen LogP contribution in [0.2, 0.25) is 0 Å². The molecule has 0 saturated carbocycles. The molecule has 31 heavy (non-hydrogen) atoms. The molecular weight excluding hydrogens is 398 g/mol. The summed E-state index contributed by atoms with van der Waals surface area (Å²) in [6, 6.07) is 13.4. The molecule has 1 saturated heterocycles. The molecule has 0 bridgehead atoms. The van der Waals surface area contributed by atoms with E-state index in [0.717, 1.165) is 22.2 Å². The number of aliphatic hydroxyl groups is 3. The first-order valence-electron chi connectivity index (χ1n) is 9.88. The van der Waals surface area contributed by atoms with Crippen LogP contribution in [0.3, 0.4) is 0 Å². The molecule has 1 aromatic carbocycles. The summed E-state index contributed by atoms with van der Waals surface area (Å²) in [5.41, 5.74) is 3.06. The van der Waals surface area contributed by atoms with Crippen LogP contribution in [0.15, 0.2) is 67.4 Å². The van der Waals surface area contributed by atoms with Crippen molar-refractivity contribution in [3.63, 3.8) is 0 Å². The van der Waals surface area contributed by atoms with Crippen LogP contribution >= 0.6 is 0 Å². The lowest BCUT2D eigenvalue weighted by atomic mass is 10.1. The summed E-state index contributed by atoms with van der Waals surface area (Å²) in [5, 5.41) is 34.3. The lowest BCUT2D eigenvalue weighted by Crippen LogP contribution is -2.33. The maximum atomic E-state index is 10.6. The molecule has 1 aliphatic heterocycles. The number of anilines is 2. The number of aliphatic hydroxyl groups excluding tert-OH is 3. The van der Waals surface area contributed by atoms with E-state index in [0.29, 0.717) is 11.5 Å². The van der Waals surface area contributed by atoms with Gasteiger partial charge in [-0.3, -0.25) is 4.98 Å². The first-order valence-corrected chi connectivity index (χ1v) is 9.88. The van der Waals surface area contributed by atoms with E-state index in [1.54, 1.807) is 17.0 Å². The van der Waals surface area contributed by atoms with Gasteiger partial charge in [0, 0.05) is 18.0 Å². The molecule has 4 N–H and O–H groups in total. The summed E-state index contributed by atoms with van der Waals surface area (Å²) in [7, 11) is 0. The number of hydrogen-bond acceptors (Lipinski definition) is 8. The number of fused-ring (bicyclic) bond motifs is 1. The fourth-order valence-corrected chi connectivity index (χ4v) is 3.89. The summed E-state index contributed by atoms with van der Waals surface area (Å²) in [6.07, 6.45) is 2.41. The summed E-state index contributed by atoms with van der Waals surface area (Å²) >= 11 is 0. The van der Waals surface area contributed by atoms with Crippen molar-refractivity contribution in [2.75, 3.05) is 11.9 Å². The highest BCUT2D eigenvalue weighted by molar-refractivity contribution is 6.02. The van der Waals surface area contributed by atoms with Crippen LogP contribution in [0.1, 0.15) is 6.23 Å². The van der Waals surface area contributed by atoms with Gasteiger partial charge >= 0.3 is 0 Å². The number of nitrogens with one attached hydrogen (secondary N) is 1. The van der Waals surface area contributed by atoms with Crippen molar-refractivity contribution in [1.29, 1.82) is 0 Å². The minimum Gasteiger partial charge on any atom is -0.394 e. The predicted molar refractivity (Wildman–Crippen MR) is 113 cm³/mol. The zero-order valence-electron chi connectivity index (χ0n) is 16.4. The van der Waals surface area contributed by atoms with Gasteiger partial charge in [-0.1, -0.05) is 30.3 Å². The van der Waals surface area contributed by atoms with Gasteiger partial charge in [0.25, 0.3) is 0 Å². The highest BCUT2D eigenvalue weighted by Gasteiger charge is 2.44. The Kier molecular flexibility index (Phi) is 5.08. The average molecular weight is 419 g/mol. The Morgan fingerprint density at radius 2 is 1.87 bits per heavy atom. The molecule has 0 radical (unpaired) electrons. The lowest BCUT2D eigenvalue weighted by Gasteiger charge is -2.17. The van der Waals surface area contributed by atoms with E-state index < -0.39 is 31.1 Å². The second kappa shape index (κ2) is 8.05. The number of aromatic nitrogens is 4. The van der Waals surface area contributed by atoms with E-state index in [1.807, 2.05) is 48.7 Å². The molecule has 1 fully saturated rings. The number of pyridine rings is 1. The monoisotopic (exact) mass is 419 g/mol. The van der Waals surface area contributed by atoms with Crippen molar-refractivity contribution in [2.45, 2.75) is 24.5 Å². The van der Waals surface area contributed by atoms with Gasteiger partial charge in [0.2, 0.25) is 0 Å². The second-order valence-electron chi connectivity index (χ2n) is 7.33. The number of hydrogen-bond donors (Lipinski definition) is 4. The maximum Gasteiger partial charge on any atom is 0.164 e. The summed E-state index contributed by atoms with van der Waals surface area (Å²) < 4.78 is 7.44. The molecule has 158 valence electrons. The van der Waals surface area contributed by atoms with Crippen molar-refractivity contribution in [1.82, 2.24) is 19.5 Å². The maximum absolute atomic E-state index is 10.6. The minimum absolute atomic E-state index is 0.401. The van der Waals surface area contributed by atoms with E-state index in [1.165, 1.54) is 6.33 Å². The average Bonchev–Trinajstić information content (AvgIpc) is 3.33. The molecule has 1 aliphatic rings. The zero-order valence-corrected chi connectivity index (χ0v) is 16.4. The van der Waals surface area contributed by atoms with Gasteiger partial charge in [0.1, 0.15) is 36.1 Å². The smallest absolute Gasteiger partial charge is 0.164 e. The van der Waals surface area contributed by atoms with E-state index in [-0.39, 0.29) is 0 Å². The number of nitrogens with zero attached hydrogens (tertiary/aromatic N) is 4. The predicted octanol–water partition coefficient (Wildman–Crippen LogP) is 1.85. The zero-order chi connectivity index (χ0) is 21.4. The standard InChI is InChI=1S/C22H21N5O4/c28-11-16-18(29)19(30)22(31-16)27-10-15(13-5-2-1-3-6-13)17-20(24-12-25-21(17)27)26-14-7-4-8-23-9-14/h1-10,12,16,18-19,22,28-30H,11H2,(H,24,25,26)/t16-,18+,19+,22-/m1/s1. The molecule has 5 rings (SSSR count). The molecule has 0 aliphatic carbocycles. The third-order valence-electron chi connectivity index (χ3n) is 5.41. The van der Waals surface area contributed by atoms with Crippen LogP contribution in [0.5, 0.6) is 0 Å². The van der Waals surface area contributed by atoms with E-state index in [4.69, 9.17) is 4.74 Å². The normalized spacial score (nSPS) is 23.3. The van der Waals surface area contributed by atoms with E-state index in [2.05, 4.69) is 20.3 Å². The summed E-state index contributed by atoms with van der Waals surface area (Å²) in [6.45, 7) is -0.401. The second-order valence-corrected chi connectivity index (χ2v) is 7.33. The fraction of sp³-hybridized carbons (Fsp3) is 0.227. The highest BCUT2D eigenvalue weighted by Crippen LogP contribution is 2.39. The van der Waals surface area contributed by atoms with Gasteiger partial charge in [0.15, 0.2) is 6.23 Å². The molecule has 0 unspecified atom stereocenters. The molecule has 3 aromatic heterocycles. The van der Waals surface area contributed by atoms with E-state index >= 15 is 0 Å². The number of rotatable bonds is 5. The molecule has 9 nitrogen and oxygen atoms in total. The van der Waals surface area contributed by atoms with Gasteiger partial charge in [-0.25, -0.2) is 9.97 Å². The van der Waals surface area contributed by atoms with Gasteiger partial charge in [-0.05, 0) is 17.7 Å². The summed E-state index contributed by atoms with van der Waals surface area (Å²) in [4.78, 5) is 13.0. The van der Waals surface area contributed by atoms with Gasteiger partial charge in [-0.2, -0.15) is 0 Å². The molecule has 4 heterocycles. The molecule has 9 heteroatoms. The Labute approximate surface area is 177 Å². The lowest BCUT2D eigenvalue weighted by molar-refractivity contribution is -0.0508. The van der Waals surface area contributed by atoms with Gasteiger partial charge < -0.3 is 29.9 Å². The van der Waals surface area contributed by atoms with Crippen LogP contribution in [0.25, 0.3) is 22.2 Å². The number of benzene rings is 1. The Hall–Kier alpha value is -3.37. The van der Waals surface area contributed by atoms with Crippen LogP contribution in [-0.4, -0.2) is 59.8 Å². The fourth-order valence-electron chi connectivity index (χ4n) is 3.89. The Bertz CT molecular complexity index is 1180. The third-order valence-corrected chi connectivity index (χ3v) is 5.41. The SMILES string of the molecule is OC[C@H]1O[C@@H](n2cc(-c3ccccc3)c3c(Nc4cccnc4)ncnc32)[C@@H](O)[C@H]1O. The first kappa shape index (κ1) is 19.6. The quantitative estimate of drug-likeness (QED) is 0.386. The Balaban J connectivity index is 1.69.